The Bertz CT molecular complexity index is 1210. The zero-order valence-electron chi connectivity index (χ0n) is 17.8. The number of carbonyl (C=O) groups is 2. The fourth-order valence-electron chi connectivity index (χ4n) is 3.22. The normalized spacial score (nSPS) is 11.3. The third-order valence-electron chi connectivity index (χ3n) is 4.82. The number of rotatable bonds is 6. The predicted molar refractivity (Wildman–Crippen MR) is 117 cm³/mol. The number of benzene rings is 2. The molecule has 0 spiro atoms. The molecule has 0 saturated heterocycles. The van der Waals surface area contributed by atoms with E-state index in [0.717, 1.165) is 10.2 Å². The van der Waals surface area contributed by atoms with Crippen molar-refractivity contribution >= 4 is 22.6 Å². The van der Waals surface area contributed by atoms with Gasteiger partial charge in [0.1, 0.15) is 6.54 Å². The molecular weight excluding hydrogens is 398 g/mol. The highest BCUT2D eigenvalue weighted by atomic mass is 16.5. The van der Waals surface area contributed by atoms with E-state index in [-0.39, 0.29) is 16.7 Å². The lowest BCUT2D eigenvalue weighted by Gasteiger charge is -2.35. The summed E-state index contributed by atoms with van der Waals surface area (Å²) >= 11 is 0. The van der Waals surface area contributed by atoms with Crippen molar-refractivity contribution in [2.24, 2.45) is 0 Å². The van der Waals surface area contributed by atoms with Gasteiger partial charge in [-0.1, -0.05) is 42.5 Å². The molecule has 31 heavy (non-hydrogen) atoms. The van der Waals surface area contributed by atoms with E-state index in [9.17, 15) is 19.2 Å². The zero-order valence-corrected chi connectivity index (χ0v) is 17.8. The van der Waals surface area contributed by atoms with Crippen LogP contribution in [0.15, 0.2) is 64.2 Å². The number of hydrogen-bond donors (Lipinski definition) is 1. The first-order valence-electron chi connectivity index (χ1n) is 9.88. The first-order chi connectivity index (χ1) is 14.7. The topological polar surface area (TPSA) is 101 Å². The van der Waals surface area contributed by atoms with E-state index in [1.165, 1.54) is 12.1 Å². The van der Waals surface area contributed by atoms with E-state index in [2.05, 4.69) is 5.10 Å². The van der Waals surface area contributed by atoms with Crippen LogP contribution in [0.5, 0.6) is 0 Å². The number of ether oxygens (including phenoxy) is 1. The second kappa shape index (κ2) is 8.99. The van der Waals surface area contributed by atoms with Crippen molar-refractivity contribution in [3.63, 3.8) is 0 Å². The van der Waals surface area contributed by atoms with Crippen molar-refractivity contribution in [2.45, 2.75) is 39.4 Å². The highest BCUT2D eigenvalue weighted by molar-refractivity contribution is 5.82. The summed E-state index contributed by atoms with van der Waals surface area (Å²) in [4.78, 5) is 51.3. The first-order valence-corrected chi connectivity index (χ1v) is 9.88. The van der Waals surface area contributed by atoms with Gasteiger partial charge < -0.3 is 9.64 Å². The summed E-state index contributed by atoms with van der Waals surface area (Å²) in [5.74, 6) is -1.15. The van der Waals surface area contributed by atoms with Crippen LogP contribution < -0.4 is 11.1 Å². The fourth-order valence-corrected chi connectivity index (χ4v) is 3.22. The highest BCUT2D eigenvalue weighted by Gasteiger charge is 2.27. The van der Waals surface area contributed by atoms with E-state index in [1.807, 2.05) is 51.1 Å². The molecule has 1 heterocycles. The van der Waals surface area contributed by atoms with Crippen LogP contribution in [-0.2, 0) is 27.4 Å². The molecule has 0 aliphatic rings. The van der Waals surface area contributed by atoms with Crippen molar-refractivity contribution in [3.05, 3.63) is 80.9 Å². The molecule has 1 amide bonds. The maximum absolute atomic E-state index is 12.8. The fraction of sp³-hybridized carbons (Fsp3) is 0.304. The molecule has 8 heteroatoms. The summed E-state index contributed by atoms with van der Waals surface area (Å²) < 4.78 is 6.01. The zero-order chi connectivity index (χ0) is 22.6. The number of esters is 1. The molecule has 3 aromatic rings. The Hall–Kier alpha value is -3.68. The average Bonchev–Trinajstić information content (AvgIpc) is 2.74. The van der Waals surface area contributed by atoms with Crippen LogP contribution in [0.2, 0.25) is 0 Å². The van der Waals surface area contributed by atoms with Crippen LogP contribution in [0.25, 0.3) is 10.8 Å². The minimum atomic E-state index is -0.796. The van der Waals surface area contributed by atoms with Gasteiger partial charge in [0, 0.05) is 12.1 Å². The van der Waals surface area contributed by atoms with Crippen molar-refractivity contribution in [3.8, 4) is 0 Å². The Morgan fingerprint density at radius 3 is 2.23 bits per heavy atom. The number of aromatic nitrogens is 2. The van der Waals surface area contributed by atoms with E-state index in [1.54, 1.807) is 17.0 Å². The molecule has 1 aromatic heterocycles. The molecule has 0 atom stereocenters. The number of fused-ring (bicyclic) bond motifs is 1. The van der Waals surface area contributed by atoms with Gasteiger partial charge in [-0.25, -0.2) is 4.68 Å². The summed E-state index contributed by atoms with van der Waals surface area (Å²) in [5, 5.41) is 2.82. The maximum atomic E-state index is 12.8. The van der Waals surface area contributed by atoms with E-state index < -0.39 is 35.8 Å². The molecule has 0 fully saturated rings. The first kappa shape index (κ1) is 22.0. The molecule has 3 rings (SSSR count). The molecular formula is C23H25N3O5. The Kier molecular flexibility index (Phi) is 6.39. The molecule has 0 saturated carbocycles. The lowest BCUT2D eigenvalue weighted by Crippen LogP contribution is -2.47. The van der Waals surface area contributed by atoms with Gasteiger partial charge in [0.2, 0.25) is 0 Å². The SMILES string of the molecule is CC(C)(C)N(Cc1ccccc1)C(=O)COC(=O)Cn1[nH]c(=O)c2ccccc2c1=O. The molecule has 0 aliphatic heterocycles. The van der Waals surface area contributed by atoms with E-state index in [0.29, 0.717) is 6.54 Å². The van der Waals surface area contributed by atoms with Crippen LogP contribution in [0.4, 0.5) is 0 Å². The summed E-state index contributed by atoms with van der Waals surface area (Å²) in [6.07, 6.45) is 0. The number of amides is 1. The van der Waals surface area contributed by atoms with Gasteiger partial charge >= 0.3 is 5.97 Å². The third kappa shape index (κ3) is 5.28. The van der Waals surface area contributed by atoms with Gasteiger partial charge in [0.15, 0.2) is 6.61 Å². The van der Waals surface area contributed by atoms with Crippen LogP contribution in [0, 0.1) is 0 Å². The monoisotopic (exact) mass is 423 g/mol. The molecule has 0 bridgehead atoms. The number of nitrogens with zero attached hydrogens (tertiary/aromatic N) is 2. The molecule has 0 aliphatic carbocycles. The minimum absolute atomic E-state index is 0.205. The second-order valence-electron chi connectivity index (χ2n) is 8.17. The molecule has 162 valence electrons. The number of H-pyrrole nitrogens is 1. The number of aromatic amines is 1. The van der Waals surface area contributed by atoms with Gasteiger partial charge in [-0.15, -0.1) is 0 Å². The Morgan fingerprint density at radius 1 is 0.968 bits per heavy atom. The minimum Gasteiger partial charge on any atom is -0.454 e. The molecule has 2 aromatic carbocycles. The van der Waals surface area contributed by atoms with E-state index in [4.69, 9.17) is 4.74 Å². The lowest BCUT2D eigenvalue weighted by molar-refractivity contribution is -0.155. The number of nitrogens with one attached hydrogen (secondary N) is 1. The quantitative estimate of drug-likeness (QED) is 0.612. The highest BCUT2D eigenvalue weighted by Crippen LogP contribution is 2.17. The van der Waals surface area contributed by atoms with Crippen LogP contribution in [-0.4, -0.2) is 38.7 Å². The van der Waals surface area contributed by atoms with Gasteiger partial charge in [-0.3, -0.25) is 24.3 Å². The Labute approximate surface area is 179 Å². The standard InChI is InChI=1S/C23H25N3O5/c1-23(2,3)25(13-16-9-5-4-6-10-16)19(27)15-31-20(28)14-26-22(30)18-12-8-7-11-17(18)21(29)24-26/h4-12H,13-15H2,1-3H3,(H,24,29). The number of carbonyl (C=O) groups excluding carboxylic acids is 2. The van der Waals surface area contributed by atoms with Gasteiger partial charge in [0.05, 0.1) is 10.8 Å². The molecule has 0 unspecified atom stereocenters. The Morgan fingerprint density at radius 2 is 1.58 bits per heavy atom. The van der Waals surface area contributed by atoms with Crippen molar-refractivity contribution < 1.29 is 14.3 Å². The predicted octanol–water partition coefficient (Wildman–Crippen LogP) is 2.06. The van der Waals surface area contributed by atoms with Gasteiger partial charge in [0.25, 0.3) is 17.0 Å². The lowest BCUT2D eigenvalue weighted by atomic mass is 10.0. The summed E-state index contributed by atoms with van der Waals surface area (Å²) in [5.41, 5.74) is -0.531. The molecule has 8 nitrogen and oxygen atoms in total. The van der Waals surface area contributed by atoms with Crippen molar-refractivity contribution in [1.82, 2.24) is 14.7 Å². The molecule has 0 radical (unpaired) electrons. The smallest absolute Gasteiger partial charge is 0.328 e. The average molecular weight is 423 g/mol. The third-order valence-corrected chi connectivity index (χ3v) is 4.82. The van der Waals surface area contributed by atoms with Gasteiger partial charge in [-0.05, 0) is 38.5 Å². The summed E-state index contributed by atoms with van der Waals surface area (Å²) in [7, 11) is 0. The van der Waals surface area contributed by atoms with E-state index >= 15 is 0 Å². The number of hydrogen-bond acceptors (Lipinski definition) is 5. The van der Waals surface area contributed by atoms with Crippen LogP contribution in [0.3, 0.4) is 0 Å². The van der Waals surface area contributed by atoms with Gasteiger partial charge in [-0.2, -0.15) is 0 Å². The largest absolute Gasteiger partial charge is 0.454 e. The Balaban J connectivity index is 1.69. The van der Waals surface area contributed by atoms with Crippen molar-refractivity contribution in [2.75, 3.05) is 6.61 Å². The summed E-state index contributed by atoms with van der Waals surface area (Å²) in [6.45, 7) is 5.10. The molecule has 1 N–H and O–H groups in total. The van der Waals surface area contributed by atoms with Crippen LogP contribution in [0.1, 0.15) is 26.3 Å². The maximum Gasteiger partial charge on any atom is 0.328 e. The van der Waals surface area contributed by atoms with Crippen LogP contribution >= 0.6 is 0 Å². The summed E-state index contributed by atoms with van der Waals surface area (Å²) in [6, 6.07) is 15.9. The van der Waals surface area contributed by atoms with Crippen molar-refractivity contribution in [1.29, 1.82) is 0 Å². The second-order valence-corrected chi connectivity index (χ2v) is 8.17.